The molecule has 1 heterocycles. The lowest BCUT2D eigenvalue weighted by atomic mass is 10.0. The van der Waals surface area contributed by atoms with E-state index < -0.39 is 0 Å². The Bertz CT molecular complexity index is 584. The molecule has 0 atom stereocenters. The van der Waals surface area contributed by atoms with Crippen LogP contribution in [-0.2, 0) is 6.54 Å². The summed E-state index contributed by atoms with van der Waals surface area (Å²) in [4.78, 5) is 16.7. The molecule has 0 aliphatic carbocycles. The van der Waals surface area contributed by atoms with Gasteiger partial charge in [-0.2, -0.15) is 0 Å². The molecule has 0 spiro atoms. The zero-order chi connectivity index (χ0) is 14.7. The summed E-state index contributed by atoms with van der Waals surface area (Å²) in [5.41, 5.74) is 9.12. The van der Waals surface area contributed by atoms with Gasteiger partial charge in [0, 0.05) is 25.5 Å². The molecule has 4 nitrogen and oxygen atoms in total. The molecule has 0 radical (unpaired) electrons. The highest BCUT2D eigenvalue weighted by molar-refractivity contribution is 5.93. The van der Waals surface area contributed by atoms with Crippen molar-refractivity contribution >= 4 is 11.6 Å². The smallest absolute Gasteiger partial charge is 0.270 e. The van der Waals surface area contributed by atoms with Crippen LogP contribution in [0.1, 0.15) is 41.4 Å². The molecular formula is C16H21N3O. The van der Waals surface area contributed by atoms with E-state index in [4.69, 9.17) is 5.73 Å². The minimum absolute atomic E-state index is 0.0605. The summed E-state index contributed by atoms with van der Waals surface area (Å²) < 4.78 is 0. The summed E-state index contributed by atoms with van der Waals surface area (Å²) in [6.45, 7) is 4.91. The Morgan fingerprint density at radius 3 is 2.45 bits per heavy atom. The number of nitrogen functional groups attached to an aromatic ring is 1. The molecular weight excluding hydrogens is 250 g/mol. The molecule has 2 aromatic rings. The van der Waals surface area contributed by atoms with Gasteiger partial charge in [-0.3, -0.25) is 4.79 Å². The molecule has 1 aromatic carbocycles. The summed E-state index contributed by atoms with van der Waals surface area (Å²) >= 11 is 0. The van der Waals surface area contributed by atoms with E-state index in [1.54, 1.807) is 24.2 Å². The van der Waals surface area contributed by atoms with Crippen molar-refractivity contribution < 1.29 is 4.79 Å². The maximum Gasteiger partial charge on any atom is 0.270 e. The second-order valence-electron chi connectivity index (χ2n) is 5.40. The molecule has 0 unspecified atom stereocenters. The van der Waals surface area contributed by atoms with Crippen molar-refractivity contribution in [3.05, 3.63) is 53.3 Å². The van der Waals surface area contributed by atoms with Gasteiger partial charge in [0.1, 0.15) is 5.69 Å². The van der Waals surface area contributed by atoms with Gasteiger partial charge in [-0.05, 0) is 23.1 Å². The topological polar surface area (TPSA) is 62.1 Å². The number of H-pyrrole nitrogens is 1. The van der Waals surface area contributed by atoms with Gasteiger partial charge in [0.05, 0.1) is 0 Å². The van der Waals surface area contributed by atoms with E-state index in [0.29, 0.717) is 23.8 Å². The van der Waals surface area contributed by atoms with Gasteiger partial charge < -0.3 is 15.6 Å². The molecule has 0 aliphatic heterocycles. The first-order chi connectivity index (χ1) is 9.47. The van der Waals surface area contributed by atoms with Gasteiger partial charge >= 0.3 is 0 Å². The Morgan fingerprint density at radius 2 is 1.95 bits per heavy atom. The third-order valence-electron chi connectivity index (χ3n) is 3.35. The number of benzene rings is 1. The highest BCUT2D eigenvalue weighted by Crippen LogP contribution is 2.16. The van der Waals surface area contributed by atoms with E-state index in [0.717, 1.165) is 5.56 Å². The lowest BCUT2D eigenvalue weighted by molar-refractivity contribution is 0.0780. The molecule has 0 saturated heterocycles. The van der Waals surface area contributed by atoms with E-state index in [1.807, 2.05) is 0 Å². The molecule has 106 valence electrons. The predicted octanol–water partition coefficient (Wildman–Crippen LogP) is 2.99. The highest BCUT2D eigenvalue weighted by atomic mass is 16.2. The Morgan fingerprint density at radius 1 is 1.30 bits per heavy atom. The monoisotopic (exact) mass is 271 g/mol. The molecule has 1 aromatic heterocycles. The lowest BCUT2D eigenvalue weighted by Crippen LogP contribution is -2.26. The Labute approximate surface area is 119 Å². The summed E-state index contributed by atoms with van der Waals surface area (Å²) in [6, 6.07) is 10.0. The van der Waals surface area contributed by atoms with Crippen LogP contribution in [0.15, 0.2) is 36.5 Å². The number of nitrogens with two attached hydrogens (primary N) is 1. The number of hydrogen-bond acceptors (Lipinski definition) is 2. The third kappa shape index (κ3) is 3.20. The number of carbonyl (C=O) groups is 1. The summed E-state index contributed by atoms with van der Waals surface area (Å²) in [7, 11) is 1.79. The van der Waals surface area contributed by atoms with E-state index in [-0.39, 0.29) is 5.91 Å². The van der Waals surface area contributed by atoms with Crippen LogP contribution in [0.25, 0.3) is 0 Å². The number of aromatic nitrogens is 1. The van der Waals surface area contributed by atoms with E-state index in [1.165, 1.54) is 5.56 Å². The van der Waals surface area contributed by atoms with Crippen LogP contribution in [0.4, 0.5) is 5.69 Å². The number of carbonyl (C=O) groups excluding carboxylic acids is 1. The van der Waals surface area contributed by atoms with Crippen molar-refractivity contribution in [1.29, 1.82) is 0 Å². The third-order valence-corrected chi connectivity index (χ3v) is 3.35. The fraction of sp³-hybridized carbons (Fsp3) is 0.312. The zero-order valence-electron chi connectivity index (χ0n) is 12.2. The standard InChI is InChI=1S/C16H21N3O/c1-11(2)13-6-4-12(5-7-13)10-19(3)16(20)15-8-14(17)9-18-15/h4-9,11,18H,10,17H2,1-3H3. The molecule has 0 fully saturated rings. The average Bonchev–Trinajstić information content (AvgIpc) is 2.85. The minimum Gasteiger partial charge on any atom is -0.397 e. The second kappa shape index (κ2) is 5.82. The maximum atomic E-state index is 12.2. The Hall–Kier alpha value is -2.23. The SMILES string of the molecule is CC(C)c1ccc(CN(C)C(=O)c2cc(N)c[nH]2)cc1. The van der Waals surface area contributed by atoms with E-state index >= 15 is 0 Å². The summed E-state index contributed by atoms with van der Waals surface area (Å²) in [5, 5.41) is 0. The van der Waals surface area contributed by atoms with E-state index in [9.17, 15) is 4.79 Å². The molecule has 20 heavy (non-hydrogen) atoms. The van der Waals surface area contributed by atoms with Gasteiger partial charge in [-0.1, -0.05) is 38.1 Å². The number of nitrogens with one attached hydrogen (secondary N) is 1. The zero-order valence-corrected chi connectivity index (χ0v) is 12.2. The number of anilines is 1. The van der Waals surface area contributed by atoms with Crippen molar-refractivity contribution in [1.82, 2.24) is 9.88 Å². The fourth-order valence-electron chi connectivity index (χ4n) is 2.09. The molecule has 2 rings (SSSR count). The van der Waals surface area contributed by atoms with Crippen molar-refractivity contribution in [2.75, 3.05) is 12.8 Å². The average molecular weight is 271 g/mol. The van der Waals surface area contributed by atoms with Crippen LogP contribution in [0.5, 0.6) is 0 Å². The van der Waals surface area contributed by atoms with Crippen LogP contribution in [0.2, 0.25) is 0 Å². The normalized spacial score (nSPS) is 10.8. The van der Waals surface area contributed by atoms with Crippen LogP contribution < -0.4 is 5.73 Å². The first-order valence-corrected chi connectivity index (χ1v) is 6.75. The van der Waals surface area contributed by atoms with Crippen LogP contribution in [0, 0.1) is 0 Å². The molecule has 0 bridgehead atoms. The first kappa shape index (κ1) is 14.2. The Kier molecular flexibility index (Phi) is 4.13. The maximum absolute atomic E-state index is 12.2. The van der Waals surface area contributed by atoms with Gasteiger partial charge in [-0.25, -0.2) is 0 Å². The first-order valence-electron chi connectivity index (χ1n) is 6.75. The molecule has 4 heteroatoms. The van der Waals surface area contributed by atoms with Gasteiger partial charge in [-0.15, -0.1) is 0 Å². The van der Waals surface area contributed by atoms with Crippen LogP contribution >= 0.6 is 0 Å². The number of nitrogens with zero attached hydrogens (tertiary/aromatic N) is 1. The second-order valence-corrected chi connectivity index (χ2v) is 5.40. The van der Waals surface area contributed by atoms with Gasteiger partial charge in [0.2, 0.25) is 0 Å². The highest BCUT2D eigenvalue weighted by Gasteiger charge is 2.13. The quantitative estimate of drug-likeness (QED) is 0.898. The number of hydrogen-bond donors (Lipinski definition) is 2. The van der Waals surface area contributed by atoms with Crippen LogP contribution in [0.3, 0.4) is 0 Å². The number of aromatic amines is 1. The van der Waals surface area contributed by atoms with Crippen molar-refractivity contribution in [2.24, 2.45) is 0 Å². The number of amides is 1. The summed E-state index contributed by atoms with van der Waals surface area (Å²) in [6.07, 6.45) is 1.62. The molecule has 1 amide bonds. The molecule has 0 saturated carbocycles. The summed E-state index contributed by atoms with van der Waals surface area (Å²) in [5.74, 6) is 0.458. The van der Waals surface area contributed by atoms with E-state index in [2.05, 4.69) is 43.1 Å². The van der Waals surface area contributed by atoms with Crippen molar-refractivity contribution in [3.63, 3.8) is 0 Å². The molecule has 3 N–H and O–H groups in total. The Balaban J connectivity index is 2.03. The van der Waals surface area contributed by atoms with Crippen LogP contribution in [-0.4, -0.2) is 22.8 Å². The largest absolute Gasteiger partial charge is 0.397 e. The lowest BCUT2D eigenvalue weighted by Gasteiger charge is -2.17. The molecule has 0 aliphatic rings. The minimum atomic E-state index is -0.0605. The predicted molar refractivity (Wildman–Crippen MR) is 81.5 cm³/mol. The van der Waals surface area contributed by atoms with Gasteiger partial charge in [0.25, 0.3) is 5.91 Å². The van der Waals surface area contributed by atoms with Crippen molar-refractivity contribution in [3.8, 4) is 0 Å². The van der Waals surface area contributed by atoms with Crippen molar-refractivity contribution in [2.45, 2.75) is 26.3 Å². The fourth-order valence-corrected chi connectivity index (χ4v) is 2.09. The number of rotatable bonds is 4. The van der Waals surface area contributed by atoms with Gasteiger partial charge in [0.15, 0.2) is 0 Å².